The number of nitrogens with two attached hydrogens (primary N) is 1. The lowest BCUT2D eigenvalue weighted by Gasteiger charge is -2.06. The van der Waals surface area contributed by atoms with Gasteiger partial charge in [0.15, 0.2) is 0 Å². The fourth-order valence-corrected chi connectivity index (χ4v) is 1.85. The maximum absolute atomic E-state index is 11.1. The van der Waals surface area contributed by atoms with Crippen LogP contribution < -0.4 is 5.73 Å². The van der Waals surface area contributed by atoms with Crippen molar-refractivity contribution in [3.8, 4) is 0 Å². The third-order valence-electron chi connectivity index (χ3n) is 2.88. The second-order valence-electron chi connectivity index (χ2n) is 4.28. The molecule has 0 aliphatic rings. The number of Topliss-reactive ketones (excluding diaryl/α,β-unsaturated/α-hetero) is 1. The molecule has 1 atom stereocenters. The summed E-state index contributed by atoms with van der Waals surface area (Å²) >= 11 is 0. The van der Waals surface area contributed by atoms with Gasteiger partial charge in [-0.05, 0) is 37.5 Å². The molecule has 16 heavy (non-hydrogen) atoms. The summed E-state index contributed by atoms with van der Waals surface area (Å²) < 4.78 is 0. The maximum atomic E-state index is 11.1. The average molecular weight is 216 g/mol. The first-order chi connectivity index (χ1) is 7.58. The fourth-order valence-electron chi connectivity index (χ4n) is 1.85. The van der Waals surface area contributed by atoms with Crippen LogP contribution in [0.15, 0.2) is 24.4 Å². The van der Waals surface area contributed by atoms with Crippen LogP contribution in [0.5, 0.6) is 0 Å². The molecule has 0 saturated carbocycles. The average Bonchev–Trinajstić information content (AvgIpc) is 2.60. The third kappa shape index (κ3) is 1.99. The molecule has 0 aliphatic heterocycles. The van der Waals surface area contributed by atoms with Gasteiger partial charge in [0.25, 0.3) is 0 Å². The number of rotatable bonds is 3. The molecule has 0 amide bonds. The Labute approximate surface area is 94.6 Å². The molecule has 3 nitrogen and oxygen atoms in total. The van der Waals surface area contributed by atoms with Gasteiger partial charge in [0.2, 0.25) is 0 Å². The zero-order valence-corrected chi connectivity index (χ0v) is 9.58. The van der Waals surface area contributed by atoms with Crippen LogP contribution in [-0.4, -0.2) is 16.8 Å². The number of hydrogen-bond acceptors (Lipinski definition) is 2. The Kier molecular flexibility index (Phi) is 2.79. The van der Waals surface area contributed by atoms with Gasteiger partial charge in [0, 0.05) is 17.1 Å². The topological polar surface area (TPSA) is 58.9 Å². The Bertz CT molecular complexity index is 528. The van der Waals surface area contributed by atoms with Crippen LogP contribution in [-0.2, 0) is 11.2 Å². The van der Waals surface area contributed by atoms with Crippen LogP contribution in [0.1, 0.15) is 18.1 Å². The van der Waals surface area contributed by atoms with E-state index in [-0.39, 0.29) is 5.78 Å². The molecule has 2 aromatic rings. The van der Waals surface area contributed by atoms with Gasteiger partial charge in [-0.3, -0.25) is 4.79 Å². The summed E-state index contributed by atoms with van der Waals surface area (Å²) in [5.41, 5.74) is 9.20. The standard InChI is InChI=1S/C13H16N2O/c1-8-3-4-11-10(6-12(14)9(2)16)7-15-13(11)5-8/h3-5,7,12,15H,6,14H2,1-2H3. The summed E-state index contributed by atoms with van der Waals surface area (Å²) in [6.07, 6.45) is 2.53. The highest BCUT2D eigenvalue weighted by molar-refractivity contribution is 5.86. The molecule has 84 valence electrons. The van der Waals surface area contributed by atoms with Crippen molar-refractivity contribution >= 4 is 16.7 Å². The van der Waals surface area contributed by atoms with Gasteiger partial charge in [-0.1, -0.05) is 12.1 Å². The molecule has 1 heterocycles. The minimum atomic E-state index is -0.402. The summed E-state index contributed by atoms with van der Waals surface area (Å²) in [5, 5.41) is 1.15. The van der Waals surface area contributed by atoms with Crippen LogP contribution in [0.2, 0.25) is 0 Å². The Morgan fingerprint density at radius 1 is 1.50 bits per heavy atom. The highest BCUT2D eigenvalue weighted by Gasteiger charge is 2.12. The van der Waals surface area contributed by atoms with Crippen LogP contribution in [0.4, 0.5) is 0 Å². The SMILES string of the molecule is CC(=O)C(N)Cc1c[nH]c2cc(C)ccc12. The minimum absolute atomic E-state index is 0.0291. The number of carbonyl (C=O) groups excluding carboxylic acids is 1. The van der Waals surface area contributed by atoms with E-state index < -0.39 is 6.04 Å². The van der Waals surface area contributed by atoms with Gasteiger partial charge in [-0.15, -0.1) is 0 Å². The van der Waals surface area contributed by atoms with Gasteiger partial charge in [0.05, 0.1) is 6.04 Å². The highest BCUT2D eigenvalue weighted by atomic mass is 16.1. The Hall–Kier alpha value is -1.61. The van der Waals surface area contributed by atoms with Crippen LogP contribution in [0.25, 0.3) is 10.9 Å². The molecule has 2 rings (SSSR count). The number of aryl methyl sites for hydroxylation is 1. The van der Waals surface area contributed by atoms with Crippen molar-refractivity contribution in [2.24, 2.45) is 5.73 Å². The van der Waals surface area contributed by atoms with Crippen molar-refractivity contribution in [1.82, 2.24) is 4.98 Å². The fraction of sp³-hybridized carbons (Fsp3) is 0.308. The Balaban J connectivity index is 2.35. The summed E-state index contributed by atoms with van der Waals surface area (Å²) in [7, 11) is 0. The lowest BCUT2D eigenvalue weighted by Crippen LogP contribution is -2.30. The molecule has 1 aromatic carbocycles. The minimum Gasteiger partial charge on any atom is -0.361 e. The largest absolute Gasteiger partial charge is 0.361 e. The number of aromatic nitrogens is 1. The van der Waals surface area contributed by atoms with Crippen molar-refractivity contribution in [2.75, 3.05) is 0 Å². The second-order valence-corrected chi connectivity index (χ2v) is 4.28. The summed E-state index contributed by atoms with van der Waals surface area (Å²) in [6.45, 7) is 3.59. The molecule has 3 N–H and O–H groups in total. The number of nitrogens with one attached hydrogen (secondary N) is 1. The van der Waals surface area contributed by atoms with E-state index in [4.69, 9.17) is 5.73 Å². The lowest BCUT2D eigenvalue weighted by atomic mass is 10.0. The number of fused-ring (bicyclic) bond motifs is 1. The predicted octanol–water partition coefficient (Wildman–Crippen LogP) is 1.94. The Morgan fingerprint density at radius 3 is 2.94 bits per heavy atom. The zero-order valence-electron chi connectivity index (χ0n) is 9.58. The molecular weight excluding hydrogens is 200 g/mol. The first-order valence-electron chi connectivity index (χ1n) is 5.40. The first-order valence-corrected chi connectivity index (χ1v) is 5.40. The highest BCUT2D eigenvalue weighted by Crippen LogP contribution is 2.20. The number of aromatic amines is 1. The number of ketones is 1. The van der Waals surface area contributed by atoms with E-state index >= 15 is 0 Å². The maximum Gasteiger partial charge on any atom is 0.146 e. The molecule has 3 heteroatoms. The van der Waals surface area contributed by atoms with Crippen LogP contribution in [0, 0.1) is 6.92 Å². The molecule has 1 unspecified atom stereocenters. The molecule has 0 saturated heterocycles. The van der Waals surface area contributed by atoms with Crippen molar-refractivity contribution in [3.63, 3.8) is 0 Å². The van der Waals surface area contributed by atoms with Crippen molar-refractivity contribution in [2.45, 2.75) is 26.3 Å². The smallest absolute Gasteiger partial charge is 0.146 e. The third-order valence-corrected chi connectivity index (χ3v) is 2.88. The normalized spacial score (nSPS) is 12.9. The second kappa shape index (κ2) is 4.10. The van der Waals surface area contributed by atoms with E-state index in [1.54, 1.807) is 0 Å². The van der Waals surface area contributed by atoms with Gasteiger partial charge < -0.3 is 10.7 Å². The monoisotopic (exact) mass is 216 g/mol. The van der Waals surface area contributed by atoms with E-state index in [0.717, 1.165) is 16.5 Å². The van der Waals surface area contributed by atoms with Crippen molar-refractivity contribution < 1.29 is 4.79 Å². The van der Waals surface area contributed by atoms with E-state index in [1.807, 2.05) is 6.20 Å². The predicted molar refractivity (Wildman–Crippen MR) is 65.4 cm³/mol. The van der Waals surface area contributed by atoms with Crippen molar-refractivity contribution in [3.05, 3.63) is 35.5 Å². The number of benzene rings is 1. The molecule has 0 radical (unpaired) electrons. The quantitative estimate of drug-likeness (QED) is 0.823. The summed E-state index contributed by atoms with van der Waals surface area (Å²) in [5.74, 6) is 0.0291. The number of carbonyl (C=O) groups is 1. The number of hydrogen-bond donors (Lipinski definition) is 2. The molecule has 0 spiro atoms. The van der Waals surface area contributed by atoms with E-state index in [0.29, 0.717) is 6.42 Å². The Morgan fingerprint density at radius 2 is 2.25 bits per heavy atom. The lowest BCUT2D eigenvalue weighted by molar-refractivity contribution is -0.118. The molecule has 0 aliphatic carbocycles. The molecule has 0 bridgehead atoms. The number of H-pyrrole nitrogens is 1. The van der Waals surface area contributed by atoms with Crippen LogP contribution >= 0.6 is 0 Å². The van der Waals surface area contributed by atoms with Crippen LogP contribution in [0.3, 0.4) is 0 Å². The molecule has 0 fully saturated rings. The zero-order chi connectivity index (χ0) is 11.7. The molecular formula is C13H16N2O. The van der Waals surface area contributed by atoms with E-state index in [1.165, 1.54) is 12.5 Å². The summed E-state index contributed by atoms with van der Waals surface area (Å²) in [6, 6.07) is 5.83. The first kappa shape index (κ1) is 10.9. The van der Waals surface area contributed by atoms with E-state index in [9.17, 15) is 4.79 Å². The summed E-state index contributed by atoms with van der Waals surface area (Å²) in [4.78, 5) is 14.3. The van der Waals surface area contributed by atoms with Crippen molar-refractivity contribution in [1.29, 1.82) is 0 Å². The molecule has 1 aromatic heterocycles. The van der Waals surface area contributed by atoms with Gasteiger partial charge >= 0.3 is 0 Å². The van der Waals surface area contributed by atoms with Gasteiger partial charge in [0.1, 0.15) is 5.78 Å². The van der Waals surface area contributed by atoms with E-state index in [2.05, 4.69) is 30.1 Å². The van der Waals surface area contributed by atoms with Gasteiger partial charge in [-0.2, -0.15) is 0 Å². The van der Waals surface area contributed by atoms with Gasteiger partial charge in [-0.25, -0.2) is 0 Å².